The Balaban J connectivity index is 1.34. The Kier molecular flexibility index (Phi) is 6.99. The van der Waals surface area contributed by atoms with Crippen LogP contribution in [-0.4, -0.2) is 85.0 Å². The molecule has 3 aliphatic rings. The Labute approximate surface area is 207 Å². The van der Waals surface area contributed by atoms with Crippen molar-refractivity contribution in [1.29, 1.82) is 0 Å². The summed E-state index contributed by atoms with van der Waals surface area (Å²) in [7, 11) is 3.29. The molecule has 3 fully saturated rings. The van der Waals surface area contributed by atoms with Gasteiger partial charge in [0.2, 0.25) is 5.91 Å². The molecule has 0 radical (unpaired) electrons. The third-order valence-corrected chi connectivity index (χ3v) is 7.52. The van der Waals surface area contributed by atoms with Crippen molar-refractivity contribution in [2.24, 2.45) is 11.3 Å². The predicted octanol–water partition coefficient (Wildman–Crippen LogP) is 2.48. The third-order valence-electron chi connectivity index (χ3n) is 7.52. The van der Waals surface area contributed by atoms with E-state index in [1.54, 1.807) is 19.1 Å². The van der Waals surface area contributed by atoms with Gasteiger partial charge < -0.3 is 19.7 Å². The highest BCUT2D eigenvalue weighted by molar-refractivity contribution is 6.09. The van der Waals surface area contributed by atoms with Crippen LogP contribution in [0.5, 0.6) is 11.5 Å². The monoisotopic (exact) mass is 486 g/mol. The number of nitrogens with zero attached hydrogens (tertiary/aromatic N) is 3. The van der Waals surface area contributed by atoms with Crippen LogP contribution < -0.4 is 14.8 Å². The highest BCUT2D eigenvalue weighted by Crippen LogP contribution is 2.46. The van der Waals surface area contributed by atoms with E-state index in [9.17, 15) is 14.4 Å². The molecular formula is C26H38N4O5. The van der Waals surface area contributed by atoms with E-state index in [4.69, 9.17) is 9.47 Å². The minimum atomic E-state index is -0.882. The number of carbonyl (C=O) groups is 3. The van der Waals surface area contributed by atoms with Crippen LogP contribution in [0.25, 0.3) is 0 Å². The molecule has 9 nitrogen and oxygen atoms in total. The number of urea groups is 1. The molecule has 2 saturated heterocycles. The Morgan fingerprint density at radius 3 is 2.43 bits per heavy atom. The molecule has 2 unspecified atom stereocenters. The van der Waals surface area contributed by atoms with Crippen molar-refractivity contribution >= 4 is 17.8 Å². The number of nitrogens with one attached hydrogen (secondary N) is 1. The van der Waals surface area contributed by atoms with Crippen molar-refractivity contribution in [3.8, 4) is 11.5 Å². The topological polar surface area (TPSA) is 91.4 Å². The summed E-state index contributed by atoms with van der Waals surface area (Å²) in [6.07, 6.45) is 2.24. The Morgan fingerprint density at radius 2 is 1.80 bits per heavy atom. The van der Waals surface area contributed by atoms with Crippen LogP contribution in [0.15, 0.2) is 18.2 Å². The van der Waals surface area contributed by atoms with Crippen LogP contribution in [-0.2, 0) is 16.1 Å². The van der Waals surface area contributed by atoms with Gasteiger partial charge in [0.15, 0.2) is 0 Å². The van der Waals surface area contributed by atoms with E-state index in [-0.39, 0.29) is 23.8 Å². The molecule has 35 heavy (non-hydrogen) atoms. The van der Waals surface area contributed by atoms with Crippen molar-refractivity contribution in [3.05, 3.63) is 23.8 Å². The molecule has 1 saturated carbocycles. The van der Waals surface area contributed by atoms with Gasteiger partial charge in [0.05, 0.1) is 14.2 Å². The van der Waals surface area contributed by atoms with Gasteiger partial charge in [-0.1, -0.05) is 20.8 Å². The highest BCUT2D eigenvalue weighted by Gasteiger charge is 2.56. The molecule has 1 spiro atoms. The number of rotatable bonds is 6. The van der Waals surface area contributed by atoms with Crippen LogP contribution in [0, 0.1) is 11.3 Å². The Morgan fingerprint density at radius 1 is 1.09 bits per heavy atom. The second kappa shape index (κ2) is 9.68. The van der Waals surface area contributed by atoms with Crippen molar-refractivity contribution in [1.82, 2.24) is 20.0 Å². The van der Waals surface area contributed by atoms with Crippen LogP contribution in [0.1, 0.15) is 45.6 Å². The maximum absolute atomic E-state index is 13.4. The summed E-state index contributed by atoms with van der Waals surface area (Å²) < 4.78 is 10.8. The summed E-state index contributed by atoms with van der Waals surface area (Å²) in [6, 6.07) is 5.29. The zero-order chi connectivity index (χ0) is 25.4. The zero-order valence-electron chi connectivity index (χ0n) is 21.6. The first-order valence-corrected chi connectivity index (χ1v) is 12.4. The minimum absolute atomic E-state index is 0.0393. The number of amides is 4. The average molecular weight is 487 g/mol. The van der Waals surface area contributed by atoms with Crippen LogP contribution in [0.3, 0.4) is 0 Å². The van der Waals surface area contributed by atoms with Gasteiger partial charge in [-0.3, -0.25) is 19.4 Å². The molecule has 0 bridgehead atoms. The quantitative estimate of drug-likeness (QED) is 0.622. The smallest absolute Gasteiger partial charge is 0.325 e. The maximum atomic E-state index is 13.4. The summed E-state index contributed by atoms with van der Waals surface area (Å²) in [6.45, 7) is 9.36. The number of benzene rings is 1. The molecule has 2 aliphatic heterocycles. The van der Waals surface area contributed by atoms with Crippen molar-refractivity contribution in [2.75, 3.05) is 46.9 Å². The number of carbonyl (C=O) groups excluding carboxylic acids is 3. The summed E-state index contributed by atoms with van der Waals surface area (Å²) in [5.74, 6) is 1.47. The first kappa shape index (κ1) is 25.3. The molecule has 9 heteroatoms. The third kappa shape index (κ3) is 5.24. The zero-order valence-corrected chi connectivity index (χ0v) is 21.6. The lowest BCUT2D eigenvalue weighted by Crippen LogP contribution is -2.55. The fourth-order valence-electron chi connectivity index (χ4n) is 6.29. The van der Waals surface area contributed by atoms with Gasteiger partial charge in [-0.2, -0.15) is 0 Å². The normalized spacial score (nSPS) is 26.7. The Hall–Kier alpha value is -2.81. The Bertz CT molecular complexity index is 988. The standard InChI is InChI=1S/C26H38N4O5/c1-18-13-25(2,3)17-26(14-18)23(32)30(24(33)27-26)16-22(31)29-10-8-28(9-11-29)15-19-12-20(34-4)6-7-21(19)35-5/h6-7,12,18H,8-11,13-17H2,1-5H3,(H,27,33). The second-order valence-electron chi connectivity index (χ2n) is 11.1. The van der Waals surface area contributed by atoms with E-state index >= 15 is 0 Å². The van der Waals surface area contributed by atoms with E-state index < -0.39 is 11.6 Å². The fraction of sp³-hybridized carbons (Fsp3) is 0.654. The van der Waals surface area contributed by atoms with Crippen LogP contribution in [0.4, 0.5) is 4.79 Å². The minimum Gasteiger partial charge on any atom is -0.497 e. The maximum Gasteiger partial charge on any atom is 0.325 e. The molecule has 1 aromatic rings. The number of ether oxygens (including phenoxy) is 2. The van der Waals surface area contributed by atoms with Gasteiger partial charge in [0.25, 0.3) is 5.91 Å². The summed E-state index contributed by atoms with van der Waals surface area (Å²) in [4.78, 5) is 44.3. The molecular weight excluding hydrogens is 448 g/mol. The lowest BCUT2D eigenvalue weighted by molar-refractivity contribution is -0.141. The summed E-state index contributed by atoms with van der Waals surface area (Å²) >= 11 is 0. The fourth-order valence-corrected chi connectivity index (χ4v) is 6.29. The second-order valence-corrected chi connectivity index (χ2v) is 11.1. The highest BCUT2D eigenvalue weighted by atomic mass is 16.5. The van der Waals surface area contributed by atoms with E-state index in [1.165, 1.54) is 0 Å². The van der Waals surface area contributed by atoms with Gasteiger partial charge in [-0.05, 0) is 48.8 Å². The molecule has 1 aromatic carbocycles. The van der Waals surface area contributed by atoms with E-state index in [0.717, 1.165) is 28.4 Å². The number of imide groups is 1. The first-order valence-electron chi connectivity index (χ1n) is 12.4. The summed E-state index contributed by atoms with van der Waals surface area (Å²) in [5.41, 5.74) is 0.107. The van der Waals surface area contributed by atoms with Crippen LogP contribution >= 0.6 is 0 Å². The molecule has 1 N–H and O–H groups in total. The largest absolute Gasteiger partial charge is 0.497 e. The van der Waals surface area contributed by atoms with Crippen molar-refractivity contribution in [2.45, 2.75) is 52.1 Å². The number of methoxy groups -OCH3 is 2. The molecule has 2 atom stereocenters. The van der Waals surface area contributed by atoms with E-state index in [2.05, 4.69) is 31.0 Å². The molecule has 1 aliphatic carbocycles. The molecule has 2 heterocycles. The molecule has 4 rings (SSSR count). The predicted molar refractivity (Wildman–Crippen MR) is 131 cm³/mol. The molecule has 4 amide bonds. The lowest BCUT2D eigenvalue weighted by atomic mass is 9.64. The SMILES string of the molecule is COc1ccc(OC)c(CN2CCN(C(=O)CN3C(=O)NC4(CC(C)CC(C)(C)C4)C3=O)CC2)c1. The number of piperazine rings is 1. The van der Waals surface area contributed by atoms with Gasteiger partial charge >= 0.3 is 6.03 Å². The van der Waals surface area contributed by atoms with Crippen molar-refractivity contribution < 1.29 is 23.9 Å². The van der Waals surface area contributed by atoms with Crippen molar-refractivity contribution in [3.63, 3.8) is 0 Å². The average Bonchev–Trinajstić information content (AvgIpc) is 3.01. The van der Waals surface area contributed by atoms with Gasteiger partial charge in [-0.15, -0.1) is 0 Å². The first-order chi connectivity index (χ1) is 16.6. The number of hydrogen-bond acceptors (Lipinski definition) is 6. The van der Waals surface area contributed by atoms with Gasteiger partial charge in [-0.25, -0.2) is 4.79 Å². The van der Waals surface area contributed by atoms with E-state index in [0.29, 0.717) is 51.5 Å². The lowest BCUT2D eigenvalue weighted by Gasteiger charge is -2.43. The van der Waals surface area contributed by atoms with Gasteiger partial charge in [0.1, 0.15) is 23.6 Å². The number of hydrogen-bond donors (Lipinski definition) is 1. The molecule has 192 valence electrons. The van der Waals surface area contributed by atoms with Crippen LogP contribution in [0.2, 0.25) is 0 Å². The van der Waals surface area contributed by atoms with E-state index in [1.807, 2.05) is 18.2 Å². The summed E-state index contributed by atoms with van der Waals surface area (Å²) in [5, 5.41) is 2.95. The molecule has 0 aromatic heterocycles. The van der Waals surface area contributed by atoms with Gasteiger partial charge in [0, 0.05) is 38.3 Å².